The smallest absolute Gasteiger partial charge is 0.0182 e. The largest absolute Gasteiger partial charge is 0.325 e. The van der Waals surface area contributed by atoms with E-state index in [4.69, 9.17) is 5.73 Å². The van der Waals surface area contributed by atoms with Gasteiger partial charge < -0.3 is 5.73 Å². The van der Waals surface area contributed by atoms with Gasteiger partial charge >= 0.3 is 0 Å². The van der Waals surface area contributed by atoms with Crippen molar-refractivity contribution in [3.63, 3.8) is 0 Å². The SMILES string of the molecule is Br.CCCCCCCCCCCCCCCCC(CCCCCC)C(N)(CCCCCC)CCCCCC. The van der Waals surface area contributed by atoms with Crippen molar-refractivity contribution in [3.8, 4) is 0 Å². The molecule has 0 saturated carbocycles. The molecule has 2 N–H and O–H groups in total. The summed E-state index contributed by atoms with van der Waals surface area (Å²) in [4.78, 5) is 0. The van der Waals surface area contributed by atoms with Gasteiger partial charge in [-0.15, -0.1) is 17.0 Å². The minimum absolute atomic E-state index is 0. The lowest BCUT2D eigenvalue weighted by molar-refractivity contribution is 0.190. The van der Waals surface area contributed by atoms with E-state index in [1.807, 2.05) is 0 Å². The average Bonchev–Trinajstić information content (AvgIpc) is 2.90. The molecule has 1 unspecified atom stereocenters. The van der Waals surface area contributed by atoms with Gasteiger partial charge in [0.25, 0.3) is 0 Å². The first-order chi connectivity index (χ1) is 18.1. The molecular weight excluding hydrogens is 526 g/mol. The van der Waals surface area contributed by atoms with Crippen molar-refractivity contribution in [1.82, 2.24) is 0 Å². The van der Waals surface area contributed by atoms with E-state index in [9.17, 15) is 0 Å². The van der Waals surface area contributed by atoms with Crippen LogP contribution in [0, 0.1) is 5.92 Å². The molecule has 0 aromatic heterocycles. The molecule has 0 aromatic rings. The van der Waals surface area contributed by atoms with Gasteiger partial charge in [0, 0.05) is 5.54 Å². The molecule has 0 aromatic carbocycles. The Bertz CT molecular complexity index is 412. The second-order valence-electron chi connectivity index (χ2n) is 12.8. The number of nitrogens with two attached hydrogens (primary N) is 1. The summed E-state index contributed by atoms with van der Waals surface area (Å²) >= 11 is 0. The van der Waals surface area contributed by atoms with Gasteiger partial charge in [-0.05, 0) is 31.6 Å². The molecule has 0 amide bonds. The van der Waals surface area contributed by atoms with Crippen molar-refractivity contribution in [2.75, 3.05) is 0 Å². The molecule has 0 aliphatic heterocycles. The standard InChI is InChI=1S/C36H75N.BrH/c1-5-9-13-17-18-19-20-21-22-23-24-25-26-28-32-35(31-27-14-10-6-2)36(37,33-29-15-11-7-3)34-30-16-12-8-4;/h35H,5-34,37H2,1-4H3;1H. The van der Waals surface area contributed by atoms with E-state index in [0.717, 1.165) is 5.92 Å². The van der Waals surface area contributed by atoms with Crippen LogP contribution >= 0.6 is 17.0 Å². The van der Waals surface area contributed by atoms with E-state index in [1.165, 1.54) is 193 Å². The van der Waals surface area contributed by atoms with Crippen molar-refractivity contribution in [3.05, 3.63) is 0 Å². The zero-order valence-corrected chi connectivity index (χ0v) is 29.0. The van der Waals surface area contributed by atoms with Gasteiger partial charge in [-0.3, -0.25) is 0 Å². The van der Waals surface area contributed by atoms with Crippen LogP contribution in [0.15, 0.2) is 0 Å². The number of rotatable bonds is 31. The molecule has 1 nitrogen and oxygen atoms in total. The molecule has 0 saturated heterocycles. The summed E-state index contributed by atoms with van der Waals surface area (Å²) in [7, 11) is 0. The Morgan fingerprint density at radius 1 is 0.368 bits per heavy atom. The maximum absolute atomic E-state index is 7.38. The Kier molecular flexibility index (Phi) is 34.1. The molecule has 0 aliphatic rings. The van der Waals surface area contributed by atoms with Gasteiger partial charge in [-0.1, -0.05) is 195 Å². The third-order valence-corrected chi connectivity index (χ3v) is 9.12. The van der Waals surface area contributed by atoms with E-state index in [2.05, 4.69) is 27.7 Å². The Labute approximate surface area is 253 Å². The summed E-state index contributed by atoms with van der Waals surface area (Å²) in [6.45, 7) is 9.30. The molecule has 0 aliphatic carbocycles. The Morgan fingerprint density at radius 3 is 0.921 bits per heavy atom. The summed E-state index contributed by atoms with van der Waals surface area (Å²) in [5.74, 6) is 0.755. The highest BCUT2D eigenvalue weighted by atomic mass is 79.9. The summed E-state index contributed by atoms with van der Waals surface area (Å²) in [5.41, 5.74) is 7.48. The molecule has 0 heterocycles. The van der Waals surface area contributed by atoms with Crippen molar-refractivity contribution in [1.29, 1.82) is 0 Å². The van der Waals surface area contributed by atoms with E-state index in [-0.39, 0.29) is 22.5 Å². The van der Waals surface area contributed by atoms with Crippen molar-refractivity contribution >= 4 is 17.0 Å². The average molecular weight is 603 g/mol. The molecule has 1 atom stereocenters. The molecule has 2 heteroatoms. The van der Waals surface area contributed by atoms with Crippen LogP contribution in [0.5, 0.6) is 0 Å². The third-order valence-electron chi connectivity index (χ3n) is 9.12. The molecule has 0 radical (unpaired) electrons. The third kappa shape index (κ3) is 25.4. The topological polar surface area (TPSA) is 26.0 Å². The second-order valence-corrected chi connectivity index (χ2v) is 12.8. The summed E-state index contributed by atoms with van der Waals surface area (Å²) < 4.78 is 0. The fourth-order valence-corrected chi connectivity index (χ4v) is 6.42. The monoisotopic (exact) mass is 602 g/mol. The van der Waals surface area contributed by atoms with Gasteiger partial charge in [0.2, 0.25) is 0 Å². The minimum atomic E-state index is 0. The Balaban J connectivity index is 0. The Morgan fingerprint density at radius 2 is 0.605 bits per heavy atom. The zero-order chi connectivity index (χ0) is 27.3. The van der Waals surface area contributed by atoms with Crippen LogP contribution in [0.3, 0.4) is 0 Å². The predicted molar refractivity (Wildman–Crippen MR) is 182 cm³/mol. The lowest BCUT2D eigenvalue weighted by atomic mass is 9.72. The number of unbranched alkanes of at least 4 members (excludes halogenated alkanes) is 22. The molecule has 38 heavy (non-hydrogen) atoms. The molecule has 0 spiro atoms. The number of hydrogen-bond donors (Lipinski definition) is 1. The fourth-order valence-electron chi connectivity index (χ4n) is 6.42. The van der Waals surface area contributed by atoms with Crippen molar-refractivity contribution < 1.29 is 0 Å². The summed E-state index contributed by atoms with van der Waals surface area (Å²) in [5, 5.41) is 0. The predicted octanol–water partition coefficient (Wildman–Crippen LogP) is 13.7. The highest BCUT2D eigenvalue weighted by molar-refractivity contribution is 8.93. The van der Waals surface area contributed by atoms with E-state index >= 15 is 0 Å². The lowest BCUT2D eigenvalue weighted by Gasteiger charge is -2.39. The quantitative estimate of drug-likeness (QED) is 0.0785. The number of halogens is 1. The Hall–Kier alpha value is 0.440. The number of hydrogen-bond acceptors (Lipinski definition) is 1. The fraction of sp³-hybridized carbons (Fsp3) is 1.00. The molecular formula is C36H76BrN. The zero-order valence-electron chi connectivity index (χ0n) is 27.3. The highest BCUT2D eigenvalue weighted by Gasteiger charge is 2.33. The maximum atomic E-state index is 7.38. The van der Waals surface area contributed by atoms with Crippen molar-refractivity contribution in [2.24, 2.45) is 11.7 Å². The molecule has 0 bridgehead atoms. The van der Waals surface area contributed by atoms with Crippen LogP contribution in [-0.4, -0.2) is 5.54 Å². The van der Waals surface area contributed by atoms with Crippen LogP contribution < -0.4 is 5.73 Å². The van der Waals surface area contributed by atoms with Gasteiger partial charge in [-0.2, -0.15) is 0 Å². The van der Waals surface area contributed by atoms with Gasteiger partial charge in [0.15, 0.2) is 0 Å². The van der Waals surface area contributed by atoms with Gasteiger partial charge in [0.1, 0.15) is 0 Å². The highest BCUT2D eigenvalue weighted by Crippen LogP contribution is 2.35. The van der Waals surface area contributed by atoms with Crippen LogP contribution in [0.4, 0.5) is 0 Å². The van der Waals surface area contributed by atoms with E-state index < -0.39 is 0 Å². The van der Waals surface area contributed by atoms with Crippen LogP contribution in [0.2, 0.25) is 0 Å². The van der Waals surface area contributed by atoms with Crippen LogP contribution in [0.25, 0.3) is 0 Å². The molecule has 0 rings (SSSR count). The van der Waals surface area contributed by atoms with E-state index in [0.29, 0.717) is 0 Å². The van der Waals surface area contributed by atoms with Crippen LogP contribution in [-0.2, 0) is 0 Å². The first-order valence-corrected chi connectivity index (χ1v) is 17.9. The summed E-state index contributed by atoms with van der Waals surface area (Å²) in [6, 6.07) is 0. The van der Waals surface area contributed by atoms with Crippen LogP contribution in [0.1, 0.15) is 220 Å². The van der Waals surface area contributed by atoms with Gasteiger partial charge in [-0.25, -0.2) is 0 Å². The first-order valence-electron chi connectivity index (χ1n) is 17.9. The van der Waals surface area contributed by atoms with E-state index in [1.54, 1.807) is 0 Å². The first kappa shape index (κ1) is 40.6. The molecule has 232 valence electrons. The lowest BCUT2D eigenvalue weighted by Crippen LogP contribution is -2.47. The van der Waals surface area contributed by atoms with Gasteiger partial charge in [0.05, 0.1) is 0 Å². The summed E-state index contributed by atoms with van der Waals surface area (Å²) in [6.07, 6.45) is 42.1. The molecule has 0 fully saturated rings. The maximum Gasteiger partial charge on any atom is 0.0182 e. The minimum Gasteiger partial charge on any atom is -0.325 e. The second kappa shape index (κ2) is 32.0. The van der Waals surface area contributed by atoms with Crippen molar-refractivity contribution in [2.45, 2.75) is 226 Å². The normalized spacial score (nSPS) is 12.6.